The van der Waals surface area contributed by atoms with Crippen molar-refractivity contribution in [3.05, 3.63) is 53.7 Å². The minimum absolute atomic E-state index is 0.00175. The SMILES string of the molecule is CN(C)C(=O)c1ccc2oc3c(c2c1)CC(Nc1cnccn1)CC3. The smallest absolute Gasteiger partial charge is 0.253 e. The highest BCUT2D eigenvalue weighted by Crippen LogP contribution is 2.33. The molecule has 2 aromatic heterocycles. The van der Waals surface area contributed by atoms with Crippen molar-refractivity contribution >= 4 is 22.7 Å². The van der Waals surface area contributed by atoms with E-state index in [1.54, 1.807) is 37.6 Å². The number of carbonyl (C=O) groups excluding carboxylic acids is 1. The highest BCUT2D eigenvalue weighted by molar-refractivity contribution is 5.98. The van der Waals surface area contributed by atoms with E-state index in [1.807, 2.05) is 18.2 Å². The number of aryl methyl sites for hydroxylation is 1. The number of carbonyl (C=O) groups is 1. The predicted octanol–water partition coefficient (Wildman–Crippen LogP) is 2.89. The van der Waals surface area contributed by atoms with Gasteiger partial charge in [-0.3, -0.25) is 9.78 Å². The summed E-state index contributed by atoms with van der Waals surface area (Å²) >= 11 is 0. The van der Waals surface area contributed by atoms with Gasteiger partial charge in [-0.05, 0) is 31.0 Å². The molecule has 128 valence electrons. The number of nitrogens with zero attached hydrogens (tertiary/aromatic N) is 3. The summed E-state index contributed by atoms with van der Waals surface area (Å²) in [6, 6.07) is 5.95. The largest absolute Gasteiger partial charge is 0.461 e. The van der Waals surface area contributed by atoms with E-state index in [4.69, 9.17) is 4.42 Å². The molecular formula is C19H20N4O2. The summed E-state index contributed by atoms with van der Waals surface area (Å²) < 4.78 is 6.00. The number of furan rings is 1. The maximum absolute atomic E-state index is 12.3. The van der Waals surface area contributed by atoms with Gasteiger partial charge in [-0.1, -0.05) is 0 Å². The van der Waals surface area contributed by atoms with Crippen LogP contribution >= 0.6 is 0 Å². The van der Waals surface area contributed by atoms with E-state index in [9.17, 15) is 4.79 Å². The van der Waals surface area contributed by atoms with Crippen LogP contribution in [-0.4, -0.2) is 40.9 Å². The Morgan fingerprint density at radius 3 is 2.96 bits per heavy atom. The topological polar surface area (TPSA) is 71.3 Å². The van der Waals surface area contributed by atoms with Crippen molar-refractivity contribution in [1.82, 2.24) is 14.9 Å². The first-order chi connectivity index (χ1) is 12.1. The fourth-order valence-electron chi connectivity index (χ4n) is 3.38. The average Bonchev–Trinajstić information content (AvgIpc) is 2.99. The molecule has 1 amide bonds. The monoisotopic (exact) mass is 336 g/mol. The zero-order valence-corrected chi connectivity index (χ0v) is 14.3. The first-order valence-corrected chi connectivity index (χ1v) is 8.40. The summed E-state index contributed by atoms with van der Waals surface area (Å²) in [4.78, 5) is 22.2. The van der Waals surface area contributed by atoms with Crippen molar-refractivity contribution in [3.8, 4) is 0 Å². The molecule has 6 heteroatoms. The Morgan fingerprint density at radius 1 is 1.32 bits per heavy atom. The van der Waals surface area contributed by atoms with Gasteiger partial charge < -0.3 is 14.6 Å². The number of nitrogens with one attached hydrogen (secondary N) is 1. The maximum Gasteiger partial charge on any atom is 0.253 e. The molecule has 0 fully saturated rings. The van der Waals surface area contributed by atoms with Crippen molar-refractivity contribution in [2.45, 2.75) is 25.3 Å². The van der Waals surface area contributed by atoms with Crippen LogP contribution in [0.5, 0.6) is 0 Å². The van der Waals surface area contributed by atoms with E-state index >= 15 is 0 Å². The van der Waals surface area contributed by atoms with E-state index in [1.165, 1.54) is 5.56 Å². The molecule has 1 N–H and O–H groups in total. The zero-order chi connectivity index (χ0) is 17.4. The number of anilines is 1. The van der Waals surface area contributed by atoms with Gasteiger partial charge in [-0.2, -0.15) is 0 Å². The molecule has 6 nitrogen and oxygen atoms in total. The Morgan fingerprint density at radius 2 is 2.20 bits per heavy atom. The van der Waals surface area contributed by atoms with Gasteiger partial charge in [0.25, 0.3) is 5.91 Å². The lowest BCUT2D eigenvalue weighted by atomic mass is 9.91. The summed E-state index contributed by atoms with van der Waals surface area (Å²) in [5.41, 5.74) is 2.72. The molecule has 1 unspecified atom stereocenters. The summed E-state index contributed by atoms with van der Waals surface area (Å²) in [6.07, 6.45) is 7.78. The van der Waals surface area contributed by atoms with Gasteiger partial charge in [0.05, 0.1) is 6.20 Å². The third kappa shape index (κ3) is 2.95. The quantitative estimate of drug-likeness (QED) is 0.796. The van der Waals surface area contributed by atoms with Crippen LogP contribution in [0.15, 0.2) is 41.2 Å². The van der Waals surface area contributed by atoms with E-state index in [-0.39, 0.29) is 11.9 Å². The van der Waals surface area contributed by atoms with E-state index in [2.05, 4.69) is 15.3 Å². The summed E-state index contributed by atoms with van der Waals surface area (Å²) in [5.74, 6) is 1.82. The molecule has 4 rings (SSSR count). The Labute approximate surface area is 145 Å². The second-order valence-corrected chi connectivity index (χ2v) is 6.59. The molecule has 0 saturated heterocycles. The highest BCUT2D eigenvalue weighted by atomic mass is 16.3. The zero-order valence-electron chi connectivity index (χ0n) is 14.3. The molecule has 1 aromatic carbocycles. The second-order valence-electron chi connectivity index (χ2n) is 6.59. The number of aromatic nitrogens is 2. The molecular weight excluding hydrogens is 316 g/mol. The molecule has 1 aliphatic rings. The van der Waals surface area contributed by atoms with Crippen LogP contribution in [-0.2, 0) is 12.8 Å². The molecule has 3 aromatic rings. The number of fused-ring (bicyclic) bond motifs is 3. The molecule has 1 aliphatic carbocycles. The second kappa shape index (κ2) is 6.20. The molecule has 0 bridgehead atoms. The minimum atomic E-state index is 0.00175. The highest BCUT2D eigenvalue weighted by Gasteiger charge is 2.25. The van der Waals surface area contributed by atoms with Crippen LogP contribution in [0.25, 0.3) is 11.0 Å². The Hall–Kier alpha value is -2.89. The third-order valence-electron chi connectivity index (χ3n) is 4.61. The normalized spacial score (nSPS) is 16.5. The fourth-order valence-corrected chi connectivity index (χ4v) is 3.38. The number of benzene rings is 1. The van der Waals surface area contributed by atoms with Crippen LogP contribution < -0.4 is 5.32 Å². The van der Waals surface area contributed by atoms with Crippen molar-refractivity contribution < 1.29 is 9.21 Å². The average molecular weight is 336 g/mol. The van der Waals surface area contributed by atoms with E-state index < -0.39 is 0 Å². The van der Waals surface area contributed by atoms with Crippen LogP contribution in [0.2, 0.25) is 0 Å². The van der Waals surface area contributed by atoms with Crippen molar-refractivity contribution in [2.24, 2.45) is 0 Å². The lowest BCUT2D eigenvalue weighted by molar-refractivity contribution is 0.0828. The van der Waals surface area contributed by atoms with Gasteiger partial charge in [0.1, 0.15) is 17.2 Å². The van der Waals surface area contributed by atoms with Gasteiger partial charge >= 0.3 is 0 Å². The van der Waals surface area contributed by atoms with Gasteiger partial charge in [0, 0.05) is 55.5 Å². The van der Waals surface area contributed by atoms with E-state index in [0.717, 1.165) is 41.8 Å². The number of hydrogen-bond donors (Lipinski definition) is 1. The standard InChI is InChI=1S/C19H20N4O2/c1-23(2)19(24)12-3-5-16-14(9-12)15-10-13(4-6-17(15)25-16)22-18-11-20-7-8-21-18/h3,5,7-9,11,13H,4,6,10H2,1-2H3,(H,21,22). The molecule has 0 spiro atoms. The number of rotatable bonds is 3. The molecule has 0 saturated carbocycles. The molecule has 25 heavy (non-hydrogen) atoms. The number of amides is 1. The summed E-state index contributed by atoms with van der Waals surface area (Å²) in [7, 11) is 3.52. The van der Waals surface area contributed by atoms with Crippen LogP contribution in [0.4, 0.5) is 5.82 Å². The molecule has 0 aliphatic heterocycles. The Kier molecular flexibility index (Phi) is 3.87. The van der Waals surface area contributed by atoms with Crippen LogP contribution in [0.1, 0.15) is 28.1 Å². The molecule has 1 atom stereocenters. The minimum Gasteiger partial charge on any atom is -0.461 e. The first kappa shape index (κ1) is 15.6. The van der Waals surface area contributed by atoms with E-state index in [0.29, 0.717) is 5.56 Å². The Bertz CT molecular complexity index is 918. The molecule has 2 heterocycles. The lowest BCUT2D eigenvalue weighted by Gasteiger charge is -2.23. The lowest BCUT2D eigenvalue weighted by Crippen LogP contribution is -2.27. The van der Waals surface area contributed by atoms with Crippen LogP contribution in [0.3, 0.4) is 0 Å². The number of hydrogen-bond acceptors (Lipinski definition) is 5. The fraction of sp³-hybridized carbons (Fsp3) is 0.316. The predicted molar refractivity (Wildman–Crippen MR) is 95.7 cm³/mol. The van der Waals surface area contributed by atoms with Gasteiger partial charge in [-0.15, -0.1) is 0 Å². The first-order valence-electron chi connectivity index (χ1n) is 8.40. The third-order valence-corrected chi connectivity index (χ3v) is 4.61. The summed E-state index contributed by atoms with van der Waals surface area (Å²) in [5, 5.41) is 4.48. The van der Waals surface area contributed by atoms with Crippen molar-refractivity contribution in [2.75, 3.05) is 19.4 Å². The van der Waals surface area contributed by atoms with Crippen molar-refractivity contribution in [1.29, 1.82) is 0 Å². The Balaban J connectivity index is 1.64. The molecule has 0 radical (unpaired) electrons. The van der Waals surface area contributed by atoms with Crippen molar-refractivity contribution in [3.63, 3.8) is 0 Å². The van der Waals surface area contributed by atoms with Crippen LogP contribution in [0, 0.1) is 0 Å². The van der Waals surface area contributed by atoms with Gasteiger partial charge in [0.2, 0.25) is 0 Å². The summed E-state index contributed by atoms with van der Waals surface area (Å²) in [6.45, 7) is 0. The van der Waals surface area contributed by atoms with Gasteiger partial charge in [0.15, 0.2) is 0 Å². The van der Waals surface area contributed by atoms with Gasteiger partial charge in [-0.25, -0.2) is 4.98 Å². The maximum atomic E-state index is 12.3.